The van der Waals surface area contributed by atoms with E-state index < -0.39 is 23.5 Å². The summed E-state index contributed by atoms with van der Waals surface area (Å²) in [5, 5.41) is 11.5. The van der Waals surface area contributed by atoms with Crippen LogP contribution >= 0.6 is 0 Å². The smallest absolute Gasteiger partial charge is 0.356 e. The molecule has 112 valence electrons. The van der Waals surface area contributed by atoms with E-state index in [-0.39, 0.29) is 12.1 Å². The summed E-state index contributed by atoms with van der Waals surface area (Å²) in [6, 6.07) is 6.49. The van der Waals surface area contributed by atoms with Crippen LogP contribution in [-0.2, 0) is 11.2 Å². The second kappa shape index (κ2) is 6.44. The number of carbonyl (C=O) groups excluding carboxylic acids is 2. The summed E-state index contributed by atoms with van der Waals surface area (Å²) < 4.78 is 0. The maximum atomic E-state index is 12.1. The molecule has 2 rings (SSSR count). The van der Waals surface area contributed by atoms with Crippen LogP contribution in [0.25, 0.3) is 0 Å². The minimum atomic E-state index is -1.35. The highest BCUT2D eigenvalue weighted by molar-refractivity contribution is 6.08. The van der Waals surface area contributed by atoms with Crippen LogP contribution in [-0.4, -0.2) is 32.9 Å². The van der Waals surface area contributed by atoms with E-state index in [0.29, 0.717) is 11.3 Å². The average molecular weight is 300 g/mol. The van der Waals surface area contributed by atoms with Crippen LogP contribution in [0.1, 0.15) is 26.5 Å². The Hall–Kier alpha value is -3.29. The van der Waals surface area contributed by atoms with Crippen molar-refractivity contribution in [3.05, 3.63) is 53.6 Å². The molecule has 2 aromatic rings. The van der Waals surface area contributed by atoms with Crippen LogP contribution in [0.5, 0.6) is 0 Å². The molecule has 0 radical (unpaired) electrons. The second-order valence-electron chi connectivity index (χ2n) is 4.36. The first-order valence-corrected chi connectivity index (χ1v) is 6.20. The number of hydrogen-bond donors (Lipinski definition) is 3. The second-order valence-corrected chi connectivity index (χ2v) is 4.36. The fraction of sp³-hybridized carbons (Fsp3) is 0.0714. The predicted molar refractivity (Wildman–Crippen MR) is 76.3 cm³/mol. The molecule has 8 heteroatoms. The molecule has 0 saturated carbocycles. The molecule has 0 bridgehead atoms. The largest absolute Gasteiger partial charge is 0.476 e. The molecular weight excluding hydrogens is 288 g/mol. The number of aromatic carboxylic acids is 1. The van der Waals surface area contributed by atoms with Gasteiger partial charge in [0.15, 0.2) is 11.4 Å². The normalized spacial score (nSPS) is 10.0. The van der Waals surface area contributed by atoms with Gasteiger partial charge in [0.2, 0.25) is 5.91 Å². The summed E-state index contributed by atoms with van der Waals surface area (Å²) in [6.07, 6.45) is 2.45. The highest BCUT2D eigenvalue weighted by Gasteiger charge is 2.19. The molecule has 8 nitrogen and oxygen atoms in total. The Morgan fingerprint density at radius 2 is 1.82 bits per heavy atom. The van der Waals surface area contributed by atoms with Crippen molar-refractivity contribution < 1.29 is 19.5 Å². The van der Waals surface area contributed by atoms with Gasteiger partial charge >= 0.3 is 5.97 Å². The van der Waals surface area contributed by atoms with Crippen LogP contribution in [0, 0.1) is 0 Å². The van der Waals surface area contributed by atoms with Gasteiger partial charge in [0.05, 0.1) is 6.42 Å². The van der Waals surface area contributed by atoms with Crippen LogP contribution in [0.2, 0.25) is 0 Å². The zero-order valence-corrected chi connectivity index (χ0v) is 11.3. The molecule has 0 spiro atoms. The van der Waals surface area contributed by atoms with Crippen molar-refractivity contribution in [2.45, 2.75) is 6.42 Å². The van der Waals surface area contributed by atoms with Gasteiger partial charge in [-0.3, -0.25) is 9.59 Å². The summed E-state index contributed by atoms with van der Waals surface area (Å²) in [6.45, 7) is 0. The van der Waals surface area contributed by atoms with Crippen molar-refractivity contribution in [1.82, 2.24) is 9.97 Å². The third-order valence-electron chi connectivity index (χ3n) is 2.68. The number of nitrogens with one attached hydrogen (secondary N) is 1. The number of nitrogens with zero attached hydrogens (tertiary/aromatic N) is 2. The molecule has 0 unspecified atom stereocenters. The highest BCUT2D eigenvalue weighted by Crippen LogP contribution is 2.13. The number of rotatable bonds is 5. The molecule has 0 fully saturated rings. The molecule has 2 amide bonds. The van der Waals surface area contributed by atoms with Gasteiger partial charge < -0.3 is 16.2 Å². The van der Waals surface area contributed by atoms with E-state index in [0.717, 1.165) is 0 Å². The fourth-order valence-electron chi connectivity index (χ4n) is 1.81. The third-order valence-corrected chi connectivity index (χ3v) is 2.68. The molecule has 1 aromatic carbocycles. The van der Waals surface area contributed by atoms with Gasteiger partial charge in [-0.25, -0.2) is 14.8 Å². The minimum absolute atomic E-state index is 0.0369. The first-order valence-electron chi connectivity index (χ1n) is 6.20. The number of nitrogens with two attached hydrogens (primary N) is 1. The molecule has 1 heterocycles. The number of amides is 2. The van der Waals surface area contributed by atoms with Gasteiger partial charge in [-0.05, 0) is 17.7 Å². The quantitative estimate of drug-likeness (QED) is 0.733. The van der Waals surface area contributed by atoms with Crippen LogP contribution in [0.15, 0.2) is 36.7 Å². The van der Waals surface area contributed by atoms with E-state index in [1.54, 1.807) is 24.3 Å². The van der Waals surface area contributed by atoms with Gasteiger partial charge in [-0.2, -0.15) is 0 Å². The summed E-state index contributed by atoms with van der Waals surface area (Å²) >= 11 is 0. The Labute approximate surface area is 125 Å². The number of carboxylic acid groups (broad SMARTS) is 1. The first kappa shape index (κ1) is 15.1. The predicted octanol–water partition coefficient (Wildman–Crippen LogP) is 0.455. The zero-order chi connectivity index (χ0) is 16.1. The Morgan fingerprint density at radius 1 is 1.14 bits per heavy atom. The first-order chi connectivity index (χ1) is 10.5. The number of anilines is 1. The van der Waals surface area contributed by atoms with Gasteiger partial charge in [-0.1, -0.05) is 12.1 Å². The van der Waals surface area contributed by atoms with E-state index in [1.165, 1.54) is 12.4 Å². The number of hydrogen-bond acceptors (Lipinski definition) is 5. The number of primary amides is 1. The van der Waals surface area contributed by atoms with Gasteiger partial charge in [0.1, 0.15) is 0 Å². The molecule has 0 aliphatic heterocycles. The van der Waals surface area contributed by atoms with E-state index in [2.05, 4.69) is 15.3 Å². The lowest BCUT2D eigenvalue weighted by molar-refractivity contribution is -0.117. The molecule has 0 aliphatic rings. The number of carbonyl (C=O) groups is 3. The Bertz CT molecular complexity index is 745. The van der Waals surface area contributed by atoms with Crippen molar-refractivity contribution in [1.29, 1.82) is 0 Å². The van der Waals surface area contributed by atoms with Crippen molar-refractivity contribution in [3.63, 3.8) is 0 Å². The molecule has 4 N–H and O–H groups in total. The van der Waals surface area contributed by atoms with Crippen molar-refractivity contribution in [2.24, 2.45) is 5.73 Å². The van der Waals surface area contributed by atoms with Gasteiger partial charge in [0.25, 0.3) is 5.91 Å². The van der Waals surface area contributed by atoms with E-state index in [9.17, 15) is 14.4 Å². The van der Waals surface area contributed by atoms with Gasteiger partial charge in [-0.15, -0.1) is 0 Å². The molecule has 1 aromatic heterocycles. The molecule has 22 heavy (non-hydrogen) atoms. The Balaban J connectivity index is 2.22. The number of carboxylic acids is 1. The highest BCUT2D eigenvalue weighted by atomic mass is 16.4. The topological polar surface area (TPSA) is 135 Å². The SMILES string of the molecule is NC(=O)Cc1cccc(NC(=O)c2nccnc2C(=O)O)c1. The van der Waals surface area contributed by atoms with Crippen molar-refractivity contribution >= 4 is 23.5 Å². The molecule has 0 atom stereocenters. The lowest BCUT2D eigenvalue weighted by Crippen LogP contribution is -2.19. The summed E-state index contributed by atoms with van der Waals surface area (Å²) in [7, 11) is 0. The molecule has 0 aliphatic carbocycles. The number of benzene rings is 1. The van der Waals surface area contributed by atoms with Crippen molar-refractivity contribution in [2.75, 3.05) is 5.32 Å². The third kappa shape index (κ3) is 3.63. The van der Waals surface area contributed by atoms with Gasteiger partial charge in [0, 0.05) is 18.1 Å². The van der Waals surface area contributed by atoms with Crippen LogP contribution in [0.3, 0.4) is 0 Å². The molecule has 0 saturated heterocycles. The summed E-state index contributed by atoms with van der Waals surface area (Å²) in [4.78, 5) is 41.4. The average Bonchev–Trinajstić information content (AvgIpc) is 2.46. The zero-order valence-electron chi connectivity index (χ0n) is 11.3. The maximum Gasteiger partial charge on any atom is 0.356 e. The monoisotopic (exact) mass is 300 g/mol. The summed E-state index contributed by atoms with van der Waals surface area (Å²) in [5.74, 6) is -2.55. The minimum Gasteiger partial charge on any atom is -0.476 e. The van der Waals surface area contributed by atoms with Crippen molar-refractivity contribution in [3.8, 4) is 0 Å². The number of aromatic nitrogens is 2. The van der Waals surface area contributed by atoms with Crippen LogP contribution < -0.4 is 11.1 Å². The Kier molecular flexibility index (Phi) is 4.42. The van der Waals surface area contributed by atoms with E-state index in [1.807, 2.05) is 0 Å². The maximum absolute atomic E-state index is 12.1. The van der Waals surface area contributed by atoms with E-state index >= 15 is 0 Å². The fourth-order valence-corrected chi connectivity index (χ4v) is 1.81. The summed E-state index contributed by atoms with van der Waals surface area (Å²) in [5.41, 5.74) is 5.40. The Morgan fingerprint density at radius 3 is 2.45 bits per heavy atom. The lowest BCUT2D eigenvalue weighted by Gasteiger charge is -2.07. The molecular formula is C14H12N4O4. The lowest BCUT2D eigenvalue weighted by atomic mass is 10.1. The standard InChI is InChI=1S/C14H12N4O4/c15-10(19)7-8-2-1-3-9(6-8)18-13(20)11-12(14(21)22)17-5-4-16-11/h1-6H,7H2,(H2,15,19)(H,18,20)(H,21,22). The van der Waals surface area contributed by atoms with Crippen LogP contribution in [0.4, 0.5) is 5.69 Å². The van der Waals surface area contributed by atoms with E-state index in [4.69, 9.17) is 10.8 Å².